The minimum absolute atomic E-state index is 0.252. The van der Waals surface area contributed by atoms with Gasteiger partial charge in [-0.1, -0.05) is 36.4 Å². The van der Waals surface area contributed by atoms with Gasteiger partial charge in [-0.3, -0.25) is 0 Å². The molecule has 24 heavy (non-hydrogen) atoms. The van der Waals surface area contributed by atoms with Crippen LogP contribution in [0.5, 0.6) is 0 Å². The maximum Gasteiger partial charge on any atom is 0.269 e. The van der Waals surface area contributed by atoms with E-state index >= 15 is 0 Å². The number of aryl methyl sites for hydroxylation is 2. The number of hydrogen-bond donors (Lipinski definition) is 0. The van der Waals surface area contributed by atoms with E-state index < -0.39 is 10.0 Å². The Bertz CT molecular complexity index is 929. The number of anilines is 2. The van der Waals surface area contributed by atoms with Crippen molar-refractivity contribution in [1.82, 2.24) is 9.55 Å². The first-order chi connectivity index (χ1) is 11.7. The lowest BCUT2D eigenvalue weighted by Gasteiger charge is -2.22. The molecule has 3 aromatic rings. The van der Waals surface area contributed by atoms with Crippen molar-refractivity contribution < 1.29 is 8.42 Å². The zero-order valence-corrected chi connectivity index (χ0v) is 13.9. The van der Waals surface area contributed by atoms with Crippen LogP contribution >= 0.6 is 0 Å². The van der Waals surface area contributed by atoms with Gasteiger partial charge in [0.25, 0.3) is 10.0 Å². The van der Waals surface area contributed by atoms with E-state index in [0.29, 0.717) is 11.5 Å². The number of sulfonamides is 1. The van der Waals surface area contributed by atoms with Crippen molar-refractivity contribution in [3.63, 3.8) is 0 Å². The Hall–Kier alpha value is -2.60. The number of fused-ring (bicyclic) bond motifs is 1. The summed E-state index contributed by atoms with van der Waals surface area (Å²) < 4.78 is 29.8. The molecule has 0 radical (unpaired) electrons. The summed E-state index contributed by atoms with van der Waals surface area (Å²) in [5.74, 6) is 1.38. The molecule has 4 rings (SSSR count). The van der Waals surface area contributed by atoms with E-state index in [1.54, 1.807) is 42.5 Å². The molecule has 0 spiro atoms. The molecule has 0 bridgehead atoms. The van der Waals surface area contributed by atoms with Gasteiger partial charge in [-0.2, -0.15) is 0 Å². The van der Waals surface area contributed by atoms with Gasteiger partial charge in [0.05, 0.1) is 10.6 Å². The molecule has 0 fully saturated rings. The third kappa shape index (κ3) is 2.49. The average Bonchev–Trinajstić information content (AvgIpc) is 3.18. The van der Waals surface area contributed by atoms with Gasteiger partial charge >= 0.3 is 0 Å². The molecule has 0 aliphatic carbocycles. The van der Waals surface area contributed by atoms with E-state index in [9.17, 15) is 8.42 Å². The maximum atomic E-state index is 13.2. The van der Waals surface area contributed by atoms with E-state index in [-0.39, 0.29) is 4.90 Å². The fourth-order valence-corrected chi connectivity index (χ4v) is 4.44. The third-order valence-electron chi connectivity index (χ3n) is 4.13. The van der Waals surface area contributed by atoms with E-state index in [4.69, 9.17) is 0 Å². The van der Waals surface area contributed by atoms with Crippen LogP contribution in [0.25, 0.3) is 0 Å². The fraction of sp³-hybridized carbons (Fsp3) is 0.167. The monoisotopic (exact) mass is 339 g/mol. The number of para-hydroxylation sites is 1. The van der Waals surface area contributed by atoms with Crippen molar-refractivity contribution in [1.29, 1.82) is 0 Å². The van der Waals surface area contributed by atoms with Crippen LogP contribution < -0.4 is 4.31 Å². The second kappa shape index (κ2) is 5.79. The largest absolute Gasteiger partial charge is 0.333 e. The molecule has 0 atom stereocenters. The van der Waals surface area contributed by atoms with Gasteiger partial charge in [0, 0.05) is 19.2 Å². The van der Waals surface area contributed by atoms with Crippen LogP contribution in [-0.4, -0.2) is 18.0 Å². The first-order valence-electron chi connectivity index (χ1n) is 7.88. The number of nitrogens with zero attached hydrogens (tertiary/aromatic N) is 3. The predicted octanol–water partition coefficient (Wildman–Crippen LogP) is 3.36. The van der Waals surface area contributed by atoms with Crippen molar-refractivity contribution in [2.45, 2.75) is 24.3 Å². The minimum Gasteiger partial charge on any atom is -0.333 e. The number of benzene rings is 2. The van der Waals surface area contributed by atoms with Gasteiger partial charge in [-0.25, -0.2) is 17.7 Å². The third-order valence-corrected chi connectivity index (χ3v) is 5.87. The standard InChI is InChI=1S/C18H17N3O2S/c22-24(23,16-10-5-2-6-11-16)21(15-8-3-1-4-9-15)18-14-20-13-7-12-17(20)19-18/h1-6,8-11,14H,7,12-13H2. The Kier molecular flexibility index (Phi) is 3.61. The highest BCUT2D eigenvalue weighted by Crippen LogP contribution is 2.32. The van der Waals surface area contributed by atoms with Crippen molar-refractivity contribution >= 4 is 21.5 Å². The van der Waals surface area contributed by atoms with Gasteiger partial charge in [0.15, 0.2) is 5.82 Å². The van der Waals surface area contributed by atoms with Gasteiger partial charge in [-0.15, -0.1) is 0 Å². The zero-order valence-electron chi connectivity index (χ0n) is 13.0. The van der Waals surface area contributed by atoms with Gasteiger partial charge in [0.2, 0.25) is 0 Å². The highest BCUT2D eigenvalue weighted by molar-refractivity contribution is 7.93. The van der Waals surface area contributed by atoms with E-state index in [2.05, 4.69) is 4.98 Å². The predicted molar refractivity (Wildman–Crippen MR) is 92.8 cm³/mol. The molecule has 0 unspecified atom stereocenters. The van der Waals surface area contributed by atoms with E-state index in [0.717, 1.165) is 25.2 Å². The van der Waals surface area contributed by atoms with Crippen molar-refractivity contribution in [2.24, 2.45) is 0 Å². The smallest absolute Gasteiger partial charge is 0.269 e. The summed E-state index contributed by atoms with van der Waals surface area (Å²) in [6.45, 7) is 0.885. The second-order valence-electron chi connectivity index (χ2n) is 5.73. The lowest BCUT2D eigenvalue weighted by Crippen LogP contribution is -2.26. The van der Waals surface area contributed by atoms with Gasteiger partial charge in [-0.05, 0) is 30.7 Å². The topological polar surface area (TPSA) is 55.2 Å². The highest BCUT2D eigenvalue weighted by atomic mass is 32.2. The minimum atomic E-state index is -3.74. The molecule has 0 saturated heterocycles. The molecule has 1 aliphatic heterocycles. The number of hydrogen-bond acceptors (Lipinski definition) is 3. The van der Waals surface area contributed by atoms with E-state index in [1.165, 1.54) is 4.31 Å². The van der Waals surface area contributed by atoms with Gasteiger partial charge in [0.1, 0.15) is 5.82 Å². The molecular formula is C18H17N3O2S. The van der Waals surface area contributed by atoms with Crippen molar-refractivity contribution in [2.75, 3.05) is 4.31 Å². The van der Waals surface area contributed by atoms with Gasteiger partial charge < -0.3 is 4.57 Å². The van der Waals surface area contributed by atoms with Crippen LogP contribution in [0.15, 0.2) is 71.8 Å². The summed E-state index contributed by atoms with van der Waals surface area (Å²) in [5, 5.41) is 0. The zero-order chi connectivity index (χ0) is 16.6. The Labute approximate surface area is 141 Å². The summed E-state index contributed by atoms with van der Waals surface area (Å²) in [4.78, 5) is 4.82. The normalized spacial score (nSPS) is 13.7. The van der Waals surface area contributed by atoms with Crippen LogP contribution in [0.3, 0.4) is 0 Å². The van der Waals surface area contributed by atoms with Crippen LogP contribution in [0.2, 0.25) is 0 Å². The Morgan fingerprint density at radius 2 is 1.62 bits per heavy atom. The molecule has 1 aromatic heterocycles. The molecule has 0 amide bonds. The fourth-order valence-electron chi connectivity index (χ4n) is 2.99. The Balaban J connectivity index is 1.88. The van der Waals surface area contributed by atoms with Crippen molar-refractivity contribution in [3.05, 3.63) is 72.7 Å². The highest BCUT2D eigenvalue weighted by Gasteiger charge is 2.29. The maximum absolute atomic E-state index is 13.2. The molecule has 1 aliphatic rings. The number of rotatable bonds is 4. The van der Waals surface area contributed by atoms with E-state index in [1.807, 2.05) is 29.0 Å². The quantitative estimate of drug-likeness (QED) is 0.732. The lowest BCUT2D eigenvalue weighted by atomic mass is 10.3. The summed E-state index contributed by atoms with van der Waals surface area (Å²) in [6, 6.07) is 17.5. The Morgan fingerprint density at radius 1 is 0.958 bits per heavy atom. The summed E-state index contributed by atoms with van der Waals surface area (Å²) in [7, 11) is -3.74. The number of aromatic nitrogens is 2. The van der Waals surface area contributed by atoms with Crippen LogP contribution in [-0.2, 0) is 23.0 Å². The molecule has 6 heteroatoms. The Morgan fingerprint density at radius 3 is 2.29 bits per heavy atom. The molecule has 0 N–H and O–H groups in total. The second-order valence-corrected chi connectivity index (χ2v) is 7.52. The SMILES string of the molecule is O=S(=O)(c1ccccc1)N(c1ccccc1)c1cn2c(n1)CCC2. The molecule has 122 valence electrons. The first-order valence-corrected chi connectivity index (χ1v) is 9.32. The average molecular weight is 339 g/mol. The molecule has 0 saturated carbocycles. The molecular weight excluding hydrogens is 322 g/mol. The number of imidazole rings is 1. The summed E-state index contributed by atoms with van der Waals surface area (Å²) in [5.41, 5.74) is 0.582. The molecule has 2 heterocycles. The summed E-state index contributed by atoms with van der Waals surface area (Å²) >= 11 is 0. The van der Waals surface area contributed by atoms with Crippen LogP contribution in [0.1, 0.15) is 12.2 Å². The lowest BCUT2D eigenvalue weighted by molar-refractivity contribution is 0.596. The molecule has 5 nitrogen and oxygen atoms in total. The molecule has 2 aromatic carbocycles. The van der Waals surface area contributed by atoms with Crippen molar-refractivity contribution in [3.8, 4) is 0 Å². The van der Waals surface area contributed by atoms with Crippen LogP contribution in [0.4, 0.5) is 11.5 Å². The first kappa shape index (κ1) is 15.0. The summed E-state index contributed by atoms with van der Waals surface area (Å²) in [6.07, 6.45) is 3.77. The van der Waals surface area contributed by atoms with Crippen LogP contribution in [0, 0.1) is 0 Å².